The van der Waals surface area contributed by atoms with Crippen LogP contribution in [0.2, 0.25) is 0 Å². The summed E-state index contributed by atoms with van der Waals surface area (Å²) >= 11 is 0. The van der Waals surface area contributed by atoms with Crippen LogP contribution in [0.1, 0.15) is 31.0 Å². The van der Waals surface area contributed by atoms with Gasteiger partial charge in [0.1, 0.15) is 5.82 Å². The van der Waals surface area contributed by atoms with Crippen molar-refractivity contribution in [1.82, 2.24) is 4.98 Å². The van der Waals surface area contributed by atoms with Gasteiger partial charge in [-0.25, -0.2) is 4.98 Å². The number of ether oxygens (including phenoxy) is 1. The smallest absolute Gasteiger partial charge is 0.129 e. The van der Waals surface area contributed by atoms with Crippen LogP contribution in [0.5, 0.6) is 0 Å². The predicted octanol–water partition coefficient (Wildman–Crippen LogP) is 0.895. The van der Waals surface area contributed by atoms with Gasteiger partial charge >= 0.3 is 0 Å². The number of aromatic nitrogens is 1. The van der Waals surface area contributed by atoms with Crippen molar-refractivity contribution in [3.05, 3.63) is 23.4 Å². The molecule has 19 heavy (non-hydrogen) atoms. The third kappa shape index (κ3) is 3.43. The van der Waals surface area contributed by atoms with Crippen LogP contribution in [-0.4, -0.2) is 47.6 Å². The third-order valence-corrected chi connectivity index (χ3v) is 3.33. The van der Waals surface area contributed by atoms with E-state index in [2.05, 4.69) is 23.7 Å². The highest BCUT2D eigenvalue weighted by atomic mass is 16.5. The van der Waals surface area contributed by atoms with E-state index < -0.39 is 0 Å². The molecule has 1 aromatic heterocycles. The number of aliphatic hydroxyl groups is 2. The number of hydrogen-bond donors (Lipinski definition) is 2. The molecule has 1 atom stereocenters. The summed E-state index contributed by atoms with van der Waals surface area (Å²) in [5, 5.41) is 18.5. The second-order valence-corrected chi connectivity index (χ2v) is 5.19. The number of rotatable bonds is 4. The molecule has 5 nitrogen and oxygen atoms in total. The SMILES string of the molecule is CC(C)c1cc(CO)cc(N2CCOC(CO)C2)n1. The van der Waals surface area contributed by atoms with Gasteiger partial charge in [0, 0.05) is 18.8 Å². The normalized spacial score (nSPS) is 20.1. The maximum Gasteiger partial charge on any atom is 0.129 e. The van der Waals surface area contributed by atoms with Gasteiger partial charge in [-0.15, -0.1) is 0 Å². The van der Waals surface area contributed by atoms with E-state index in [9.17, 15) is 10.2 Å². The Morgan fingerprint density at radius 2 is 2.21 bits per heavy atom. The standard InChI is InChI=1S/C14H22N2O3/c1-10(2)13-5-11(8-17)6-14(15-13)16-3-4-19-12(7-16)9-18/h5-6,10,12,17-18H,3-4,7-9H2,1-2H3. The van der Waals surface area contributed by atoms with Crippen molar-refractivity contribution >= 4 is 5.82 Å². The van der Waals surface area contributed by atoms with Crippen molar-refractivity contribution in [2.75, 3.05) is 31.2 Å². The Labute approximate surface area is 113 Å². The maximum absolute atomic E-state index is 9.35. The van der Waals surface area contributed by atoms with Gasteiger partial charge in [-0.3, -0.25) is 0 Å². The summed E-state index contributed by atoms with van der Waals surface area (Å²) in [5.74, 6) is 1.18. The lowest BCUT2D eigenvalue weighted by Gasteiger charge is -2.33. The summed E-state index contributed by atoms with van der Waals surface area (Å²) in [4.78, 5) is 6.76. The Kier molecular flexibility index (Phi) is 4.74. The highest BCUT2D eigenvalue weighted by molar-refractivity contribution is 5.43. The summed E-state index contributed by atoms with van der Waals surface area (Å²) < 4.78 is 5.44. The van der Waals surface area contributed by atoms with E-state index in [1.807, 2.05) is 12.1 Å². The van der Waals surface area contributed by atoms with Gasteiger partial charge in [0.25, 0.3) is 0 Å². The average Bonchev–Trinajstić information content (AvgIpc) is 2.46. The average molecular weight is 266 g/mol. The van der Waals surface area contributed by atoms with E-state index in [-0.39, 0.29) is 19.3 Å². The zero-order chi connectivity index (χ0) is 13.8. The van der Waals surface area contributed by atoms with Crippen LogP contribution < -0.4 is 4.90 Å². The quantitative estimate of drug-likeness (QED) is 0.847. The third-order valence-electron chi connectivity index (χ3n) is 3.33. The molecule has 0 spiro atoms. The topological polar surface area (TPSA) is 65.8 Å². The highest BCUT2D eigenvalue weighted by Crippen LogP contribution is 2.22. The monoisotopic (exact) mass is 266 g/mol. The summed E-state index contributed by atoms with van der Waals surface area (Å²) in [6.07, 6.45) is -0.157. The molecule has 1 aliphatic rings. The molecule has 0 aliphatic carbocycles. The fourth-order valence-electron chi connectivity index (χ4n) is 2.18. The van der Waals surface area contributed by atoms with E-state index in [0.717, 1.165) is 23.6 Å². The largest absolute Gasteiger partial charge is 0.394 e. The van der Waals surface area contributed by atoms with E-state index in [1.165, 1.54) is 0 Å². The molecule has 0 aromatic carbocycles. The zero-order valence-electron chi connectivity index (χ0n) is 11.5. The first-order chi connectivity index (χ1) is 9.13. The van der Waals surface area contributed by atoms with E-state index in [4.69, 9.17) is 4.74 Å². The van der Waals surface area contributed by atoms with Crippen molar-refractivity contribution < 1.29 is 14.9 Å². The first-order valence-electron chi connectivity index (χ1n) is 6.73. The van der Waals surface area contributed by atoms with Gasteiger partial charge in [-0.05, 0) is 23.6 Å². The molecule has 1 aliphatic heterocycles. The molecule has 1 fully saturated rings. The Hall–Kier alpha value is -1.17. The minimum absolute atomic E-state index is 0.0169. The van der Waals surface area contributed by atoms with Crippen LogP contribution in [0.15, 0.2) is 12.1 Å². The minimum atomic E-state index is -0.157. The fourth-order valence-corrected chi connectivity index (χ4v) is 2.18. The lowest BCUT2D eigenvalue weighted by molar-refractivity contribution is 0.00334. The van der Waals surface area contributed by atoms with Crippen LogP contribution in [-0.2, 0) is 11.3 Å². The second kappa shape index (κ2) is 6.32. The lowest BCUT2D eigenvalue weighted by atomic mass is 10.1. The fraction of sp³-hybridized carbons (Fsp3) is 0.643. The Morgan fingerprint density at radius 3 is 2.84 bits per heavy atom. The number of hydrogen-bond acceptors (Lipinski definition) is 5. The van der Waals surface area contributed by atoms with Gasteiger partial charge in [-0.1, -0.05) is 13.8 Å². The number of pyridine rings is 1. The summed E-state index contributed by atoms with van der Waals surface area (Å²) in [6, 6.07) is 3.85. The molecule has 5 heteroatoms. The van der Waals surface area contributed by atoms with Crippen LogP contribution in [0, 0.1) is 0 Å². The Bertz CT molecular complexity index is 423. The highest BCUT2D eigenvalue weighted by Gasteiger charge is 2.21. The first-order valence-corrected chi connectivity index (χ1v) is 6.73. The first kappa shape index (κ1) is 14.2. The second-order valence-electron chi connectivity index (χ2n) is 5.19. The van der Waals surface area contributed by atoms with Crippen molar-refractivity contribution in [3.8, 4) is 0 Å². The molecule has 1 saturated heterocycles. The molecule has 0 amide bonds. The van der Waals surface area contributed by atoms with Gasteiger partial charge in [-0.2, -0.15) is 0 Å². The summed E-state index contributed by atoms with van der Waals surface area (Å²) in [6.45, 7) is 6.20. The molecule has 0 bridgehead atoms. The number of morpholine rings is 1. The number of aliphatic hydroxyl groups excluding tert-OH is 2. The van der Waals surface area contributed by atoms with Gasteiger partial charge < -0.3 is 19.8 Å². The molecular weight excluding hydrogens is 244 g/mol. The van der Waals surface area contributed by atoms with E-state index in [0.29, 0.717) is 19.1 Å². The van der Waals surface area contributed by atoms with E-state index in [1.54, 1.807) is 0 Å². The van der Waals surface area contributed by atoms with Crippen molar-refractivity contribution in [1.29, 1.82) is 0 Å². The maximum atomic E-state index is 9.35. The molecule has 2 rings (SSSR count). The molecule has 1 aromatic rings. The molecule has 2 heterocycles. The number of nitrogens with zero attached hydrogens (tertiary/aromatic N) is 2. The molecule has 0 saturated carbocycles. The Balaban J connectivity index is 2.25. The molecule has 0 radical (unpaired) electrons. The molecule has 2 N–H and O–H groups in total. The van der Waals surface area contributed by atoms with Crippen molar-refractivity contribution in [3.63, 3.8) is 0 Å². The van der Waals surface area contributed by atoms with Crippen molar-refractivity contribution in [2.24, 2.45) is 0 Å². The van der Waals surface area contributed by atoms with E-state index >= 15 is 0 Å². The van der Waals surface area contributed by atoms with Gasteiger partial charge in [0.15, 0.2) is 0 Å². The van der Waals surface area contributed by atoms with Crippen molar-refractivity contribution in [2.45, 2.75) is 32.5 Å². The molecular formula is C14H22N2O3. The predicted molar refractivity (Wildman–Crippen MR) is 73.3 cm³/mol. The summed E-state index contributed by atoms with van der Waals surface area (Å²) in [7, 11) is 0. The number of anilines is 1. The summed E-state index contributed by atoms with van der Waals surface area (Å²) in [5.41, 5.74) is 1.86. The van der Waals surface area contributed by atoms with Crippen LogP contribution in [0.4, 0.5) is 5.82 Å². The lowest BCUT2D eigenvalue weighted by Crippen LogP contribution is -2.44. The molecule has 1 unspecified atom stereocenters. The van der Waals surface area contributed by atoms with Crippen LogP contribution in [0.25, 0.3) is 0 Å². The molecule has 106 valence electrons. The Morgan fingerprint density at radius 1 is 1.42 bits per heavy atom. The van der Waals surface area contributed by atoms with Crippen LogP contribution in [0.3, 0.4) is 0 Å². The van der Waals surface area contributed by atoms with Gasteiger partial charge in [0.05, 0.1) is 25.9 Å². The van der Waals surface area contributed by atoms with Crippen LogP contribution >= 0.6 is 0 Å². The van der Waals surface area contributed by atoms with Gasteiger partial charge in [0.2, 0.25) is 0 Å². The zero-order valence-corrected chi connectivity index (χ0v) is 11.5. The minimum Gasteiger partial charge on any atom is -0.394 e.